The summed E-state index contributed by atoms with van der Waals surface area (Å²) >= 11 is 5.93. The molecule has 1 aliphatic heterocycles. The van der Waals surface area contributed by atoms with Gasteiger partial charge in [0.2, 0.25) is 0 Å². The molecule has 1 spiro atoms. The molecule has 1 aliphatic carbocycles. The number of hydrogen-bond acceptors (Lipinski definition) is 4. The van der Waals surface area contributed by atoms with Crippen LogP contribution in [0.25, 0.3) is 5.57 Å². The van der Waals surface area contributed by atoms with Gasteiger partial charge in [0.15, 0.2) is 5.79 Å². The van der Waals surface area contributed by atoms with Gasteiger partial charge in [-0.2, -0.15) is 0 Å². The quantitative estimate of drug-likeness (QED) is 0.787. The van der Waals surface area contributed by atoms with Gasteiger partial charge >= 0.3 is 5.97 Å². The predicted octanol–water partition coefficient (Wildman–Crippen LogP) is 3.19. The smallest absolute Gasteiger partial charge is 0.334 e. The van der Waals surface area contributed by atoms with Crippen molar-refractivity contribution in [2.24, 2.45) is 0 Å². The molecule has 0 saturated carbocycles. The van der Waals surface area contributed by atoms with Gasteiger partial charge in [0.1, 0.15) is 0 Å². The lowest BCUT2D eigenvalue weighted by Crippen LogP contribution is -2.35. The van der Waals surface area contributed by atoms with Crippen LogP contribution in [0.15, 0.2) is 29.8 Å². The molecule has 21 heavy (non-hydrogen) atoms. The summed E-state index contributed by atoms with van der Waals surface area (Å²) in [4.78, 5) is 12.1. The van der Waals surface area contributed by atoms with Crippen molar-refractivity contribution in [2.45, 2.75) is 25.0 Å². The van der Waals surface area contributed by atoms with E-state index < -0.39 is 5.79 Å². The number of benzene rings is 1. The number of rotatable bonds is 2. The van der Waals surface area contributed by atoms with Crippen LogP contribution in [0.4, 0.5) is 0 Å². The first-order valence-electron chi connectivity index (χ1n) is 6.98. The highest BCUT2D eigenvalue weighted by molar-refractivity contribution is 6.30. The fraction of sp³-hybridized carbons (Fsp3) is 0.438. The van der Waals surface area contributed by atoms with Gasteiger partial charge < -0.3 is 14.2 Å². The van der Waals surface area contributed by atoms with E-state index in [0.29, 0.717) is 36.7 Å². The Morgan fingerprint density at radius 3 is 2.52 bits per heavy atom. The Bertz CT molecular complexity index is 570. The Hall–Kier alpha value is -1.36. The molecule has 0 amide bonds. The summed E-state index contributed by atoms with van der Waals surface area (Å²) in [5, 5.41) is 0.675. The van der Waals surface area contributed by atoms with Gasteiger partial charge in [-0.3, -0.25) is 0 Å². The maximum atomic E-state index is 12.1. The fourth-order valence-corrected chi connectivity index (χ4v) is 3.09. The molecule has 5 heteroatoms. The standard InChI is InChI=1S/C16H17ClO4/c1-19-15(18)14-10-16(20-8-9-21-16)7-6-13(14)11-2-4-12(17)5-3-11/h2-5H,6-10H2,1H3. The van der Waals surface area contributed by atoms with Crippen LogP contribution in [-0.2, 0) is 19.0 Å². The maximum absolute atomic E-state index is 12.1. The number of carbonyl (C=O) groups excluding carboxylic acids is 1. The van der Waals surface area contributed by atoms with E-state index in [-0.39, 0.29) is 5.97 Å². The zero-order chi connectivity index (χ0) is 14.9. The Morgan fingerprint density at radius 1 is 1.24 bits per heavy atom. The molecule has 112 valence electrons. The Morgan fingerprint density at radius 2 is 1.90 bits per heavy atom. The number of ether oxygens (including phenoxy) is 3. The molecular weight excluding hydrogens is 292 g/mol. The highest BCUT2D eigenvalue weighted by Gasteiger charge is 2.42. The molecule has 4 nitrogen and oxygen atoms in total. The minimum absolute atomic E-state index is 0.321. The van der Waals surface area contributed by atoms with Crippen LogP contribution in [0.3, 0.4) is 0 Å². The summed E-state index contributed by atoms with van der Waals surface area (Å²) in [6, 6.07) is 7.50. The Kier molecular flexibility index (Phi) is 4.02. The minimum Gasteiger partial charge on any atom is -0.466 e. The lowest BCUT2D eigenvalue weighted by molar-refractivity contribution is -0.166. The molecule has 0 aromatic heterocycles. The predicted molar refractivity (Wildman–Crippen MR) is 78.9 cm³/mol. The van der Waals surface area contributed by atoms with Crippen LogP contribution in [0, 0.1) is 0 Å². The number of halogens is 1. The lowest BCUT2D eigenvalue weighted by Gasteiger charge is -2.33. The van der Waals surface area contributed by atoms with Gasteiger partial charge in [-0.1, -0.05) is 23.7 Å². The van der Waals surface area contributed by atoms with Crippen molar-refractivity contribution in [2.75, 3.05) is 20.3 Å². The molecule has 3 rings (SSSR count). The van der Waals surface area contributed by atoms with Crippen molar-refractivity contribution in [3.8, 4) is 0 Å². The lowest BCUT2D eigenvalue weighted by atomic mass is 9.84. The average Bonchev–Trinajstić information content (AvgIpc) is 2.95. The summed E-state index contributed by atoms with van der Waals surface area (Å²) in [7, 11) is 1.40. The van der Waals surface area contributed by atoms with E-state index in [1.165, 1.54) is 7.11 Å². The van der Waals surface area contributed by atoms with E-state index in [1.807, 2.05) is 24.3 Å². The topological polar surface area (TPSA) is 44.8 Å². The van der Waals surface area contributed by atoms with Crippen molar-refractivity contribution < 1.29 is 19.0 Å². The molecule has 0 atom stereocenters. The highest BCUT2D eigenvalue weighted by Crippen LogP contribution is 2.42. The molecule has 1 aromatic carbocycles. The molecule has 1 aromatic rings. The van der Waals surface area contributed by atoms with E-state index in [4.69, 9.17) is 25.8 Å². The van der Waals surface area contributed by atoms with Gasteiger partial charge in [0.25, 0.3) is 0 Å². The third-order valence-corrected chi connectivity index (χ3v) is 4.26. The number of allylic oxidation sites excluding steroid dienone is 1. The van der Waals surface area contributed by atoms with E-state index in [1.54, 1.807) is 0 Å². The summed E-state index contributed by atoms with van der Waals surface area (Å²) in [5.41, 5.74) is 2.61. The molecular formula is C16H17ClO4. The van der Waals surface area contributed by atoms with Crippen LogP contribution in [0.2, 0.25) is 5.02 Å². The summed E-state index contributed by atoms with van der Waals surface area (Å²) < 4.78 is 16.4. The number of hydrogen-bond donors (Lipinski definition) is 0. The first-order chi connectivity index (χ1) is 10.1. The summed E-state index contributed by atoms with van der Waals surface area (Å²) in [6.07, 6.45) is 1.88. The molecule has 1 fully saturated rings. The van der Waals surface area contributed by atoms with Gasteiger partial charge in [-0.25, -0.2) is 4.79 Å². The van der Waals surface area contributed by atoms with Crippen LogP contribution in [-0.4, -0.2) is 32.1 Å². The molecule has 0 unspecified atom stereocenters. The van der Waals surface area contributed by atoms with Gasteiger partial charge in [0, 0.05) is 23.4 Å². The second kappa shape index (κ2) is 5.79. The number of methoxy groups -OCH3 is 1. The third kappa shape index (κ3) is 2.84. The highest BCUT2D eigenvalue weighted by atomic mass is 35.5. The minimum atomic E-state index is -0.653. The number of esters is 1. The van der Waals surface area contributed by atoms with Gasteiger partial charge in [0.05, 0.1) is 20.3 Å². The SMILES string of the molecule is COC(=O)C1=C(c2ccc(Cl)cc2)CCC2(C1)OCCO2. The molecule has 1 heterocycles. The van der Waals surface area contributed by atoms with Crippen molar-refractivity contribution in [3.63, 3.8) is 0 Å². The molecule has 2 aliphatic rings. The van der Waals surface area contributed by atoms with Gasteiger partial charge in [-0.05, 0) is 29.7 Å². The zero-order valence-corrected chi connectivity index (χ0v) is 12.6. The largest absolute Gasteiger partial charge is 0.466 e. The zero-order valence-electron chi connectivity index (χ0n) is 11.9. The molecule has 0 radical (unpaired) electrons. The maximum Gasteiger partial charge on any atom is 0.334 e. The third-order valence-electron chi connectivity index (χ3n) is 4.00. The van der Waals surface area contributed by atoms with E-state index in [9.17, 15) is 4.79 Å². The van der Waals surface area contributed by atoms with E-state index >= 15 is 0 Å². The summed E-state index contributed by atoms with van der Waals surface area (Å²) in [5.74, 6) is -0.975. The van der Waals surface area contributed by atoms with Gasteiger partial charge in [-0.15, -0.1) is 0 Å². The van der Waals surface area contributed by atoms with Crippen molar-refractivity contribution in [3.05, 3.63) is 40.4 Å². The summed E-state index contributed by atoms with van der Waals surface area (Å²) in [6.45, 7) is 1.15. The van der Waals surface area contributed by atoms with Crippen LogP contribution in [0.1, 0.15) is 24.8 Å². The molecule has 0 bridgehead atoms. The van der Waals surface area contributed by atoms with Crippen molar-refractivity contribution in [1.82, 2.24) is 0 Å². The normalized spacial score (nSPS) is 20.9. The Labute approximate surface area is 128 Å². The first kappa shape index (κ1) is 14.6. The second-order valence-electron chi connectivity index (χ2n) is 5.24. The van der Waals surface area contributed by atoms with Crippen LogP contribution in [0.5, 0.6) is 0 Å². The number of carbonyl (C=O) groups is 1. The van der Waals surface area contributed by atoms with Crippen LogP contribution < -0.4 is 0 Å². The second-order valence-corrected chi connectivity index (χ2v) is 5.68. The Balaban J connectivity index is 1.99. The van der Waals surface area contributed by atoms with E-state index in [0.717, 1.165) is 17.6 Å². The van der Waals surface area contributed by atoms with Crippen molar-refractivity contribution in [1.29, 1.82) is 0 Å². The molecule has 0 N–H and O–H groups in total. The monoisotopic (exact) mass is 308 g/mol. The first-order valence-corrected chi connectivity index (χ1v) is 7.35. The van der Waals surface area contributed by atoms with Crippen LogP contribution >= 0.6 is 11.6 Å². The fourth-order valence-electron chi connectivity index (χ4n) is 2.96. The average molecular weight is 309 g/mol. The molecule has 1 saturated heterocycles. The van der Waals surface area contributed by atoms with E-state index in [2.05, 4.69) is 0 Å². The van der Waals surface area contributed by atoms with Crippen molar-refractivity contribution >= 4 is 23.1 Å².